The summed E-state index contributed by atoms with van der Waals surface area (Å²) in [7, 11) is 0. The molecule has 2 fully saturated rings. The van der Waals surface area contributed by atoms with Crippen molar-refractivity contribution in [1.82, 2.24) is 0 Å². The fourth-order valence-electron chi connectivity index (χ4n) is 4.99. The van der Waals surface area contributed by atoms with Gasteiger partial charge in [0.15, 0.2) is 0 Å². The van der Waals surface area contributed by atoms with Crippen molar-refractivity contribution in [2.24, 2.45) is 17.8 Å². The summed E-state index contributed by atoms with van der Waals surface area (Å²) in [5.41, 5.74) is 0.806. The second-order valence-corrected chi connectivity index (χ2v) is 7.78. The van der Waals surface area contributed by atoms with E-state index in [0.717, 1.165) is 41.5 Å². The molecule has 2 aromatic rings. The van der Waals surface area contributed by atoms with E-state index in [1.807, 2.05) is 12.1 Å². The van der Waals surface area contributed by atoms with Crippen molar-refractivity contribution in [3.05, 3.63) is 47.5 Å². The van der Waals surface area contributed by atoms with Crippen LogP contribution in [0.3, 0.4) is 0 Å². The maximum atomic E-state index is 15.0. The van der Waals surface area contributed by atoms with E-state index in [1.54, 1.807) is 6.07 Å². The standard InChI is InChI=1S/C21H24F2/c1-13-2-3-16-11-17(5-4-15(16)10-13)19-9-7-14-6-8-18(22)12-20(14)21(19)23/h6-9,12-13,15-17H,2-5,10-11H2,1H3. The summed E-state index contributed by atoms with van der Waals surface area (Å²) in [4.78, 5) is 0. The van der Waals surface area contributed by atoms with E-state index in [2.05, 4.69) is 6.92 Å². The van der Waals surface area contributed by atoms with E-state index in [1.165, 1.54) is 37.8 Å². The molecule has 2 aliphatic rings. The van der Waals surface area contributed by atoms with Crippen LogP contribution in [-0.4, -0.2) is 0 Å². The molecule has 2 heteroatoms. The lowest BCUT2D eigenvalue weighted by molar-refractivity contribution is 0.124. The van der Waals surface area contributed by atoms with E-state index in [0.29, 0.717) is 11.3 Å². The molecular weight excluding hydrogens is 290 g/mol. The van der Waals surface area contributed by atoms with Crippen LogP contribution in [0.15, 0.2) is 30.3 Å². The van der Waals surface area contributed by atoms with Crippen LogP contribution < -0.4 is 0 Å². The van der Waals surface area contributed by atoms with E-state index < -0.39 is 0 Å². The number of hydrogen-bond donors (Lipinski definition) is 0. The predicted octanol–water partition coefficient (Wildman–Crippen LogP) is 6.44. The zero-order valence-electron chi connectivity index (χ0n) is 13.7. The second-order valence-electron chi connectivity index (χ2n) is 7.78. The van der Waals surface area contributed by atoms with Crippen molar-refractivity contribution in [3.63, 3.8) is 0 Å². The Kier molecular flexibility index (Phi) is 3.87. The Bertz CT molecular complexity index is 721. The quantitative estimate of drug-likeness (QED) is 0.568. The first kappa shape index (κ1) is 15.1. The lowest BCUT2D eigenvalue weighted by atomic mass is 9.64. The van der Waals surface area contributed by atoms with Crippen LogP contribution in [0.25, 0.3) is 10.8 Å². The number of benzene rings is 2. The molecule has 4 rings (SSSR count). The monoisotopic (exact) mass is 314 g/mol. The summed E-state index contributed by atoms with van der Waals surface area (Å²) in [6.07, 6.45) is 7.37. The smallest absolute Gasteiger partial charge is 0.134 e. The third-order valence-electron chi connectivity index (χ3n) is 6.26. The summed E-state index contributed by atoms with van der Waals surface area (Å²) >= 11 is 0. The third kappa shape index (κ3) is 2.77. The molecule has 0 aliphatic heterocycles. The van der Waals surface area contributed by atoms with E-state index >= 15 is 0 Å². The summed E-state index contributed by atoms with van der Waals surface area (Å²) in [6.45, 7) is 2.36. The van der Waals surface area contributed by atoms with Crippen molar-refractivity contribution < 1.29 is 8.78 Å². The molecule has 0 spiro atoms. The van der Waals surface area contributed by atoms with Gasteiger partial charge in [0, 0.05) is 5.39 Å². The normalized spacial score (nSPS) is 31.1. The molecule has 2 saturated carbocycles. The van der Waals surface area contributed by atoms with E-state index in [-0.39, 0.29) is 11.6 Å². The molecule has 0 radical (unpaired) electrons. The molecule has 2 aromatic carbocycles. The van der Waals surface area contributed by atoms with Crippen LogP contribution >= 0.6 is 0 Å². The molecule has 0 N–H and O–H groups in total. The molecule has 0 nitrogen and oxygen atoms in total. The third-order valence-corrected chi connectivity index (χ3v) is 6.26. The van der Waals surface area contributed by atoms with Gasteiger partial charge < -0.3 is 0 Å². The summed E-state index contributed by atoms with van der Waals surface area (Å²) in [5, 5.41) is 1.22. The van der Waals surface area contributed by atoms with Crippen LogP contribution in [0.4, 0.5) is 8.78 Å². The Morgan fingerprint density at radius 1 is 0.870 bits per heavy atom. The molecule has 0 aromatic heterocycles. The molecule has 0 heterocycles. The first-order valence-electron chi connectivity index (χ1n) is 8.99. The molecule has 4 unspecified atom stereocenters. The van der Waals surface area contributed by atoms with Crippen molar-refractivity contribution in [1.29, 1.82) is 0 Å². The SMILES string of the molecule is CC1CCC2CC(c3ccc4ccc(F)cc4c3F)CCC2C1. The predicted molar refractivity (Wildman–Crippen MR) is 90.5 cm³/mol. The highest BCUT2D eigenvalue weighted by atomic mass is 19.1. The topological polar surface area (TPSA) is 0 Å². The second kappa shape index (κ2) is 5.89. The van der Waals surface area contributed by atoms with Gasteiger partial charge in [-0.3, -0.25) is 0 Å². The van der Waals surface area contributed by atoms with Gasteiger partial charge in [-0.25, -0.2) is 8.78 Å². The van der Waals surface area contributed by atoms with Gasteiger partial charge in [0.1, 0.15) is 11.6 Å². The molecular formula is C21H24F2. The molecule has 2 aliphatic carbocycles. The molecule has 0 amide bonds. The highest BCUT2D eigenvalue weighted by molar-refractivity contribution is 5.84. The lowest BCUT2D eigenvalue weighted by Gasteiger charge is -2.41. The number of rotatable bonds is 1. The Morgan fingerprint density at radius 2 is 1.61 bits per heavy atom. The van der Waals surface area contributed by atoms with Gasteiger partial charge in [0.05, 0.1) is 0 Å². The highest BCUT2D eigenvalue weighted by Crippen LogP contribution is 2.48. The largest absolute Gasteiger partial charge is 0.207 e. The number of hydrogen-bond acceptors (Lipinski definition) is 0. The minimum atomic E-state index is -0.362. The van der Waals surface area contributed by atoms with E-state index in [9.17, 15) is 8.78 Å². The maximum absolute atomic E-state index is 15.0. The van der Waals surface area contributed by atoms with Gasteiger partial charge in [-0.2, -0.15) is 0 Å². The number of halogens is 2. The minimum Gasteiger partial charge on any atom is -0.207 e. The van der Waals surface area contributed by atoms with Gasteiger partial charge in [-0.1, -0.05) is 31.5 Å². The molecule has 0 saturated heterocycles. The molecule has 0 bridgehead atoms. The Balaban J connectivity index is 1.63. The fourth-order valence-corrected chi connectivity index (χ4v) is 4.99. The van der Waals surface area contributed by atoms with Crippen molar-refractivity contribution in [2.75, 3.05) is 0 Å². The average molecular weight is 314 g/mol. The summed E-state index contributed by atoms with van der Waals surface area (Å²) in [5.74, 6) is 2.20. The van der Waals surface area contributed by atoms with Gasteiger partial charge in [0.25, 0.3) is 0 Å². The summed E-state index contributed by atoms with van der Waals surface area (Å²) < 4.78 is 28.4. The van der Waals surface area contributed by atoms with Gasteiger partial charge >= 0.3 is 0 Å². The Hall–Kier alpha value is -1.44. The van der Waals surface area contributed by atoms with Crippen molar-refractivity contribution in [2.45, 2.75) is 51.4 Å². The van der Waals surface area contributed by atoms with Crippen molar-refractivity contribution in [3.8, 4) is 0 Å². The van der Waals surface area contributed by atoms with Crippen LogP contribution in [0.2, 0.25) is 0 Å². The molecule has 23 heavy (non-hydrogen) atoms. The Morgan fingerprint density at radius 3 is 2.48 bits per heavy atom. The van der Waals surface area contributed by atoms with Crippen LogP contribution in [-0.2, 0) is 0 Å². The Labute approximate surface area is 136 Å². The summed E-state index contributed by atoms with van der Waals surface area (Å²) in [6, 6.07) is 8.28. The fraction of sp³-hybridized carbons (Fsp3) is 0.524. The van der Waals surface area contributed by atoms with Crippen LogP contribution in [0, 0.1) is 29.4 Å². The van der Waals surface area contributed by atoms with Gasteiger partial charge in [-0.05, 0) is 78.9 Å². The first-order valence-corrected chi connectivity index (χ1v) is 8.99. The van der Waals surface area contributed by atoms with Crippen LogP contribution in [0.1, 0.15) is 56.9 Å². The number of fused-ring (bicyclic) bond motifs is 2. The van der Waals surface area contributed by atoms with Crippen LogP contribution in [0.5, 0.6) is 0 Å². The average Bonchev–Trinajstić information content (AvgIpc) is 2.55. The van der Waals surface area contributed by atoms with Crippen molar-refractivity contribution >= 4 is 10.8 Å². The highest BCUT2D eigenvalue weighted by Gasteiger charge is 2.35. The maximum Gasteiger partial charge on any atom is 0.134 e. The lowest BCUT2D eigenvalue weighted by Crippen LogP contribution is -2.29. The molecule has 4 atom stereocenters. The zero-order chi connectivity index (χ0) is 16.0. The van der Waals surface area contributed by atoms with Gasteiger partial charge in [-0.15, -0.1) is 0 Å². The van der Waals surface area contributed by atoms with Gasteiger partial charge in [0.2, 0.25) is 0 Å². The van der Waals surface area contributed by atoms with E-state index in [4.69, 9.17) is 0 Å². The minimum absolute atomic E-state index is 0.199. The molecule has 122 valence electrons. The first-order chi connectivity index (χ1) is 11.1. The zero-order valence-corrected chi connectivity index (χ0v) is 13.7.